The molecule has 10 heteroatoms. The first-order valence-corrected chi connectivity index (χ1v) is 15.5. The molecule has 42 heavy (non-hydrogen) atoms. The summed E-state index contributed by atoms with van der Waals surface area (Å²) < 4.78 is 1.79. The minimum absolute atomic E-state index is 0.0744. The summed E-state index contributed by atoms with van der Waals surface area (Å²) >= 11 is 1.58. The molecule has 0 saturated carbocycles. The molecule has 2 saturated heterocycles. The van der Waals surface area contributed by atoms with Crippen molar-refractivity contribution in [3.05, 3.63) is 100 Å². The van der Waals surface area contributed by atoms with Crippen molar-refractivity contribution in [2.75, 3.05) is 13.1 Å². The number of imidazole rings is 1. The van der Waals surface area contributed by atoms with Crippen LogP contribution in [-0.4, -0.2) is 67.6 Å². The van der Waals surface area contributed by atoms with Crippen LogP contribution in [0.2, 0.25) is 0 Å². The maximum Gasteiger partial charge on any atom is 0.254 e. The Hall–Kier alpha value is -3.86. The SMILES string of the molecule is Cc1csc([C@H]2CCCN2C(=O)c2cc(C(=O)N[C@@H](Cc3ccccc3)[C@H](O)[C@H]3CCCN3)cc(-n3ccnc3)c2)n1. The zero-order valence-electron chi connectivity index (χ0n) is 23.6. The largest absolute Gasteiger partial charge is 0.389 e. The number of rotatable bonds is 9. The van der Waals surface area contributed by atoms with Gasteiger partial charge in [0, 0.05) is 52.9 Å². The molecule has 0 radical (unpaired) electrons. The van der Waals surface area contributed by atoms with Gasteiger partial charge in [0.2, 0.25) is 0 Å². The van der Waals surface area contributed by atoms with Crippen LogP contribution < -0.4 is 10.6 Å². The van der Waals surface area contributed by atoms with Crippen LogP contribution in [0.3, 0.4) is 0 Å². The summed E-state index contributed by atoms with van der Waals surface area (Å²) in [6, 6.07) is 14.4. The summed E-state index contributed by atoms with van der Waals surface area (Å²) in [5.74, 6) is -0.463. The van der Waals surface area contributed by atoms with E-state index >= 15 is 0 Å². The summed E-state index contributed by atoms with van der Waals surface area (Å²) in [5, 5.41) is 20.8. The number of carbonyl (C=O) groups is 2. The number of amides is 2. The number of thiazole rings is 1. The fourth-order valence-electron chi connectivity index (χ4n) is 6.04. The van der Waals surface area contributed by atoms with Gasteiger partial charge < -0.3 is 25.2 Å². The number of nitrogens with zero attached hydrogens (tertiary/aromatic N) is 4. The third kappa shape index (κ3) is 6.16. The lowest BCUT2D eigenvalue weighted by atomic mass is 9.95. The van der Waals surface area contributed by atoms with Crippen LogP contribution in [0.4, 0.5) is 0 Å². The van der Waals surface area contributed by atoms with Crippen LogP contribution in [0.5, 0.6) is 0 Å². The van der Waals surface area contributed by atoms with E-state index in [0.29, 0.717) is 29.8 Å². The van der Waals surface area contributed by atoms with Crippen molar-refractivity contribution in [3.8, 4) is 5.69 Å². The number of aliphatic hydroxyl groups excluding tert-OH is 1. The highest BCUT2D eigenvalue weighted by molar-refractivity contribution is 7.09. The van der Waals surface area contributed by atoms with Crippen molar-refractivity contribution < 1.29 is 14.7 Å². The third-order valence-electron chi connectivity index (χ3n) is 8.20. The molecule has 2 aliphatic heterocycles. The second kappa shape index (κ2) is 12.6. The molecule has 0 spiro atoms. The molecule has 2 amide bonds. The molecule has 0 bridgehead atoms. The predicted octanol–water partition coefficient (Wildman–Crippen LogP) is 4.07. The number of carbonyl (C=O) groups excluding carboxylic acids is 2. The van der Waals surface area contributed by atoms with Crippen LogP contribution >= 0.6 is 11.3 Å². The second-order valence-electron chi connectivity index (χ2n) is 11.2. The number of aliphatic hydroxyl groups is 1. The standard InChI is InChI=1S/C32H36N6O3S/c1-21-19-42-31(35-21)28-10-6-13-38(28)32(41)24-16-23(17-25(18-24)37-14-12-33-20-37)30(40)36-27(15-22-7-3-2-4-8-22)29(39)26-9-5-11-34-26/h2-4,7-8,12,14,16-20,26-29,34,39H,5-6,9-11,13,15H2,1H3,(H,36,40)/t26-,27+,28-,29-/m1/s1. The quantitative estimate of drug-likeness (QED) is 0.274. The number of hydrogen-bond donors (Lipinski definition) is 3. The Balaban J connectivity index is 1.30. The predicted molar refractivity (Wildman–Crippen MR) is 162 cm³/mol. The van der Waals surface area contributed by atoms with Crippen LogP contribution in [0, 0.1) is 6.92 Å². The van der Waals surface area contributed by atoms with Gasteiger partial charge in [-0.1, -0.05) is 30.3 Å². The number of aromatic nitrogens is 3. The van der Waals surface area contributed by atoms with E-state index in [1.54, 1.807) is 46.8 Å². The molecule has 0 aliphatic carbocycles. The summed E-state index contributed by atoms with van der Waals surface area (Å²) in [6.07, 6.45) is 8.43. The topological polar surface area (TPSA) is 112 Å². The molecule has 4 atom stereocenters. The zero-order chi connectivity index (χ0) is 29.1. The highest BCUT2D eigenvalue weighted by atomic mass is 32.1. The van der Waals surface area contributed by atoms with Crippen molar-refractivity contribution in [2.24, 2.45) is 0 Å². The Kier molecular flexibility index (Phi) is 8.46. The molecule has 2 aliphatic rings. The first-order valence-electron chi connectivity index (χ1n) is 14.6. The summed E-state index contributed by atoms with van der Waals surface area (Å²) in [5.41, 5.74) is 3.44. The Morgan fingerprint density at radius 1 is 1.14 bits per heavy atom. The number of aryl methyl sites for hydroxylation is 1. The average molecular weight is 585 g/mol. The van der Waals surface area contributed by atoms with Gasteiger partial charge in [0.1, 0.15) is 5.01 Å². The molecule has 0 unspecified atom stereocenters. The zero-order valence-corrected chi connectivity index (χ0v) is 24.5. The molecule has 2 aromatic carbocycles. The van der Waals surface area contributed by atoms with Crippen molar-refractivity contribution in [2.45, 2.75) is 63.3 Å². The lowest BCUT2D eigenvalue weighted by molar-refractivity contribution is 0.0733. The minimum atomic E-state index is -0.762. The van der Waals surface area contributed by atoms with Gasteiger partial charge in [0.15, 0.2) is 0 Å². The Morgan fingerprint density at radius 2 is 1.98 bits per heavy atom. The van der Waals surface area contributed by atoms with Crippen molar-refractivity contribution in [1.82, 2.24) is 30.1 Å². The van der Waals surface area contributed by atoms with Crippen LogP contribution in [0.15, 0.2) is 72.6 Å². The lowest BCUT2D eigenvalue weighted by Gasteiger charge is -2.29. The van der Waals surface area contributed by atoms with E-state index in [2.05, 4.69) is 20.6 Å². The molecule has 2 aromatic heterocycles. The molecule has 218 valence electrons. The first kappa shape index (κ1) is 28.3. The Labute approximate surface area is 249 Å². The molecule has 9 nitrogen and oxygen atoms in total. The molecule has 2 fully saturated rings. The Morgan fingerprint density at radius 3 is 2.69 bits per heavy atom. The van der Waals surface area contributed by atoms with E-state index < -0.39 is 12.1 Å². The highest BCUT2D eigenvalue weighted by Crippen LogP contribution is 2.35. The normalized spacial score (nSPS) is 20.0. The van der Waals surface area contributed by atoms with Gasteiger partial charge in [0.25, 0.3) is 11.8 Å². The smallest absolute Gasteiger partial charge is 0.254 e. The van der Waals surface area contributed by atoms with Crippen molar-refractivity contribution in [3.63, 3.8) is 0 Å². The molecule has 3 N–H and O–H groups in total. The van der Waals surface area contributed by atoms with Gasteiger partial charge >= 0.3 is 0 Å². The molecule has 6 rings (SSSR count). The van der Waals surface area contributed by atoms with Crippen LogP contribution in [-0.2, 0) is 6.42 Å². The molecule has 4 heterocycles. The van der Waals surface area contributed by atoms with Gasteiger partial charge in [-0.3, -0.25) is 9.59 Å². The number of likely N-dealkylation sites (tertiary alicyclic amines) is 1. The van der Waals surface area contributed by atoms with Gasteiger partial charge in [-0.25, -0.2) is 9.97 Å². The van der Waals surface area contributed by atoms with E-state index in [9.17, 15) is 14.7 Å². The van der Waals surface area contributed by atoms with Crippen LogP contribution in [0.1, 0.15) is 68.7 Å². The third-order valence-corrected chi connectivity index (χ3v) is 9.27. The lowest BCUT2D eigenvalue weighted by Crippen LogP contribution is -2.52. The van der Waals surface area contributed by atoms with Gasteiger partial charge in [0.05, 0.1) is 24.5 Å². The van der Waals surface area contributed by atoms with E-state index in [1.165, 1.54) is 0 Å². The van der Waals surface area contributed by atoms with Gasteiger partial charge in [-0.15, -0.1) is 11.3 Å². The summed E-state index contributed by atoms with van der Waals surface area (Å²) in [6.45, 7) is 3.45. The number of nitrogens with one attached hydrogen (secondary N) is 2. The van der Waals surface area contributed by atoms with Gasteiger partial charge in [-0.05, 0) is 69.3 Å². The minimum Gasteiger partial charge on any atom is -0.389 e. The highest BCUT2D eigenvalue weighted by Gasteiger charge is 2.34. The first-order chi connectivity index (χ1) is 20.5. The maximum absolute atomic E-state index is 14.0. The monoisotopic (exact) mass is 584 g/mol. The summed E-state index contributed by atoms with van der Waals surface area (Å²) in [7, 11) is 0. The van der Waals surface area contributed by atoms with Crippen molar-refractivity contribution in [1.29, 1.82) is 0 Å². The fourth-order valence-corrected chi connectivity index (χ4v) is 6.99. The van der Waals surface area contributed by atoms with Crippen LogP contribution in [0.25, 0.3) is 5.69 Å². The summed E-state index contributed by atoms with van der Waals surface area (Å²) in [4.78, 5) is 38.5. The van der Waals surface area contributed by atoms with E-state index in [4.69, 9.17) is 0 Å². The number of hydrogen-bond acceptors (Lipinski definition) is 7. The van der Waals surface area contributed by atoms with E-state index in [0.717, 1.165) is 48.5 Å². The van der Waals surface area contributed by atoms with Crippen molar-refractivity contribution >= 4 is 23.2 Å². The van der Waals surface area contributed by atoms with E-state index in [1.807, 2.05) is 53.6 Å². The van der Waals surface area contributed by atoms with E-state index in [-0.39, 0.29) is 23.9 Å². The molecular formula is C32H36N6O3S. The average Bonchev–Trinajstić information content (AvgIpc) is 3.84. The number of benzene rings is 2. The second-order valence-corrected chi connectivity index (χ2v) is 12.1. The molecular weight excluding hydrogens is 548 g/mol. The maximum atomic E-state index is 14.0. The fraction of sp³-hybridized carbons (Fsp3) is 0.375. The molecule has 4 aromatic rings. The van der Waals surface area contributed by atoms with Gasteiger partial charge in [-0.2, -0.15) is 0 Å². The Bertz CT molecular complexity index is 1520.